The second-order valence-corrected chi connectivity index (χ2v) is 7.11. The normalized spacial score (nSPS) is 16.2. The molecule has 7 nitrogen and oxygen atoms in total. The Morgan fingerprint density at radius 1 is 1.13 bits per heavy atom. The summed E-state index contributed by atoms with van der Waals surface area (Å²) >= 11 is 0. The Kier molecular flexibility index (Phi) is 6.66. The van der Waals surface area contributed by atoms with Crippen LogP contribution in [0.1, 0.15) is 37.4 Å². The van der Waals surface area contributed by atoms with Gasteiger partial charge in [-0.1, -0.05) is 36.4 Å². The highest BCUT2D eigenvalue weighted by atomic mass is 19.1. The van der Waals surface area contributed by atoms with Gasteiger partial charge in [-0.25, -0.2) is 4.39 Å². The van der Waals surface area contributed by atoms with Crippen molar-refractivity contribution in [2.75, 3.05) is 6.54 Å². The zero-order chi connectivity index (χ0) is 21.7. The predicted molar refractivity (Wildman–Crippen MR) is 108 cm³/mol. The third-order valence-electron chi connectivity index (χ3n) is 5.03. The molecular weight excluding hydrogens is 389 g/mol. The number of fused-ring (bicyclic) bond motifs is 1. The van der Waals surface area contributed by atoms with E-state index in [9.17, 15) is 18.8 Å². The molecule has 2 aromatic carbocycles. The fraction of sp³-hybridized carbons (Fsp3) is 0.318. The molecule has 2 unspecified atom stereocenters. The summed E-state index contributed by atoms with van der Waals surface area (Å²) in [5.74, 6) is -1.82. The Morgan fingerprint density at radius 3 is 2.57 bits per heavy atom. The number of hydrogen-bond donors (Lipinski definition) is 2. The van der Waals surface area contributed by atoms with Crippen molar-refractivity contribution in [2.45, 2.75) is 38.8 Å². The van der Waals surface area contributed by atoms with Crippen LogP contribution in [0.3, 0.4) is 0 Å². The molecule has 30 heavy (non-hydrogen) atoms. The molecule has 0 saturated carbocycles. The minimum absolute atomic E-state index is 0.000571. The summed E-state index contributed by atoms with van der Waals surface area (Å²) in [6, 6.07) is 13.0. The summed E-state index contributed by atoms with van der Waals surface area (Å²) in [6.07, 6.45) is -0.291. The molecule has 158 valence electrons. The maximum atomic E-state index is 13.7. The third kappa shape index (κ3) is 4.94. The van der Waals surface area contributed by atoms with Gasteiger partial charge < -0.3 is 9.64 Å². The van der Waals surface area contributed by atoms with Gasteiger partial charge in [0.05, 0.1) is 12.5 Å². The topological polar surface area (TPSA) is 87.7 Å². The maximum Gasteiger partial charge on any atom is 0.279 e. The van der Waals surface area contributed by atoms with Gasteiger partial charge in [-0.05, 0) is 36.6 Å². The number of halogens is 1. The lowest BCUT2D eigenvalue weighted by molar-refractivity contribution is -0.136. The molecule has 2 aromatic rings. The zero-order valence-corrected chi connectivity index (χ0v) is 16.9. The van der Waals surface area contributed by atoms with E-state index in [0.29, 0.717) is 6.54 Å². The summed E-state index contributed by atoms with van der Waals surface area (Å²) in [7, 11) is 0. The van der Waals surface area contributed by atoms with Crippen LogP contribution in [0.2, 0.25) is 0 Å². The fourth-order valence-corrected chi connectivity index (χ4v) is 3.49. The van der Waals surface area contributed by atoms with Gasteiger partial charge in [-0.2, -0.15) is 0 Å². The molecule has 0 spiro atoms. The summed E-state index contributed by atoms with van der Waals surface area (Å²) in [5, 5.41) is 0. The molecule has 1 heterocycles. The van der Waals surface area contributed by atoms with E-state index in [2.05, 4.69) is 10.9 Å². The standard InChI is InChI=1S/C22H24FN3O4/c1-14(30-20-10-6-5-9-18(20)23)22(29)25-24-21(28)13-19-17-8-4-3-7-16(17)11-12-26(19)15(2)27/h3-10,14,19H,11-13H2,1-2H3,(H,24,28)(H,25,29). The molecule has 2 N–H and O–H groups in total. The Morgan fingerprint density at radius 2 is 1.83 bits per heavy atom. The van der Waals surface area contributed by atoms with Crippen LogP contribution in [0.15, 0.2) is 48.5 Å². The van der Waals surface area contributed by atoms with Crippen LogP contribution in [0.25, 0.3) is 0 Å². The molecule has 0 saturated heterocycles. The molecule has 0 aliphatic carbocycles. The van der Waals surface area contributed by atoms with Gasteiger partial charge in [0.1, 0.15) is 0 Å². The number of carbonyl (C=O) groups excluding carboxylic acids is 3. The van der Waals surface area contributed by atoms with Crippen LogP contribution >= 0.6 is 0 Å². The minimum atomic E-state index is -1.02. The van der Waals surface area contributed by atoms with E-state index < -0.39 is 29.8 Å². The average Bonchev–Trinajstić information content (AvgIpc) is 2.73. The van der Waals surface area contributed by atoms with Crippen molar-refractivity contribution in [1.82, 2.24) is 15.8 Å². The van der Waals surface area contributed by atoms with Gasteiger partial charge >= 0.3 is 0 Å². The molecule has 3 amide bonds. The zero-order valence-electron chi connectivity index (χ0n) is 16.9. The van der Waals surface area contributed by atoms with Crippen LogP contribution in [-0.4, -0.2) is 35.3 Å². The van der Waals surface area contributed by atoms with E-state index in [0.717, 1.165) is 17.5 Å². The SMILES string of the molecule is CC(=O)N1CCc2ccccc2C1CC(=O)NNC(=O)C(C)Oc1ccccc1F. The van der Waals surface area contributed by atoms with Crippen LogP contribution in [0, 0.1) is 5.82 Å². The van der Waals surface area contributed by atoms with Crippen LogP contribution in [0.4, 0.5) is 4.39 Å². The quantitative estimate of drug-likeness (QED) is 0.737. The maximum absolute atomic E-state index is 13.7. The Labute approximate surface area is 174 Å². The first-order chi connectivity index (χ1) is 14.4. The lowest BCUT2D eigenvalue weighted by Crippen LogP contribution is -2.48. The number of nitrogens with zero attached hydrogens (tertiary/aromatic N) is 1. The highest BCUT2D eigenvalue weighted by Gasteiger charge is 2.30. The number of rotatable bonds is 5. The highest BCUT2D eigenvalue weighted by Crippen LogP contribution is 2.32. The molecule has 0 aromatic heterocycles. The molecule has 0 bridgehead atoms. The number of carbonyl (C=O) groups is 3. The summed E-state index contributed by atoms with van der Waals surface area (Å²) in [6.45, 7) is 3.45. The summed E-state index contributed by atoms with van der Waals surface area (Å²) in [5.41, 5.74) is 6.67. The average molecular weight is 413 g/mol. The molecule has 8 heteroatoms. The molecular formula is C22H24FN3O4. The van der Waals surface area contributed by atoms with Crippen molar-refractivity contribution in [2.24, 2.45) is 0 Å². The molecule has 1 aliphatic rings. The van der Waals surface area contributed by atoms with Crippen molar-refractivity contribution in [3.05, 3.63) is 65.5 Å². The number of amides is 3. The van der Waals surface area contributed by atoms with Gasteiger partial charge in [0.2, 0.25) is 11.8 Å². The monoisotopic (exact) mass is 413 g/mol. The third-order valence-corrected chi connectivity index (χ3v) is 5.03. The Hall–Kier alpha value is -3.42. The van der Waals surface area contributed by atoms with Crippen LogP contribution in [0.5, 0.6) is 5.75 Å². The molecule has 3 rings (SSSR count). The second-order valence-electron chi connectivity index (χ2n) is 7.11. The minimum Gasteiger partial charge on any atom is -0.478 e. The number of nitrogens with one attached hydrogen (secondary N) is 2. The molecule has 0 radical (unpaired) electrons. The van der Waals surface area contributed by atoms with Crippen molar-refractivity contribution < 1.29 is 23.5 Å². The van der Waals surface area contributed by atoms with E-state index in [4.69, 9.17) is 4.74 Å². The largest absolute Gasteiger partial charge is 0.478 e. The van der Waals surface area contributed by atoms with Gasteiger partial charge in [-0.3, -0.25) is 25.2 Å². The van der Waals surface area contributed by atoms with Crippen molar-refractivity contribution in [1.29, 1.82) is 0 Å². The summed E-state index contributed by atoms with van der Waals surface area (Å²) in [4.78, 5) is 38.3. The van der Waals surface area contributed by atoms with E-state index in [-0.39, 0.29) is 18.1 Å². The van der Waals surface area contributed by atoms with Gasteiger partial charge in [0, 0.05) is 13.5 Å². The number of para-hydroxylation sites is 1. The number of benzene rings is 2. The van der Waals surface area contributed by atoms with Gasteiger partial charge in [0.15, 0.2) is 17.7 Å². The van der Waals surface area contributed by atoms with Crippen molar-refractivity contribution in [3.8, 4) is 5.75 Å². The first-order valence-electron chi connectivity index (χ1n) is 9.71. The first kappa shape index (κ1) is 21.3. The second kappa shape index (κ2) is 9.39. The highest BCUT2D eigenvalue weighted by molar-refractivity contribution is 5.85. The summed E-state index contributed by atoms with van der Waals surface area (Å²) < 4.78 is 18.9. The lowest BCUT2D eigenvalue weighted by atomic mass is 9.90. The van der Waals surface area contributed by atoms with E-state index in [1.54, 1.807) is 11.0 Å². The number of ether oxygens (including phenoxy) is 1. The predicted octanol–water partition coefficient (Wildman–Crippen LogP) is 2.28. The number of hydrogen-bond acceptors (Lipinski definition) is 4. The van der Waals surface area contributed by atoms with Crippen molar-refractivity contribution in [3.63, 3.8) is 0 Å². The lowest BCUT2D eigenvalue weighted by Gasteiger charge is -2.36. The fourth-order valence-electron chi connectivity index (χ4n) is 3.49. The van der Waals surface area contributed by atoms with E-state index in [1.807, 2.05) is 24.3 Å². The first-order valence-corrected chi connectivity index (χ1v) is 9.71. The molecule has 1 aliphatic heterocycles. The van der Waals surface area contributed by atoms with E-state index >= 15 is 0 Å². The molecule has 0 fully saturated rings. The molecule has 2 atom stereocenters. The number of hydrazine groups is 1. The van der Waals surface area contributed by atoms with E-state index in [1.165, 1.54) is 32.0 Å². The smallest absolute Gasteiger partial charge is 0.279 e. The van der Waals surface area contributed by atoms with Gasteiger partial charge in [-0.15, -0.1) is 0 Å². The Bertz CT molecular complexity index is 949. The van der Waals surface area contributed by atoms with Crippen LogP contribution < -0.4 is 15.6 Å². The van der Waals surface area contributed by atoms with Crippen LogP contribution in [-0.2, 0) is 20.8 Å². The van der Waals surface area contributed by atoms with Gasteiger partial charge in [0.25, 0.3) is 5.91 Å². The Balaban J connectivity index is 1.58. The van der Waals surface area contributed by atoms with Crippen molar-refractivity contribution >= 4 is 17.7 Å².